The highest BCUT2D eigenvalue weighted by Gasteiger charge is 2.16. The molecule has 1 atom stereocenters. The maximum absolute atomic E-state index is 2.67. The zero-order valence-electron chi connectivity index (χ0n) is 13.8. The summed E-state index contributed by atoms with van der Waals surface area (Å²) >= 11 is 0. The first kappa shape index (κ1) is 15.6. The third kappa shape index (κ3) is 4.34. The van der Waals surface area contributed by atoms with E-state index in [2.05, 4.69) is 56.9 Å². The maximum atomic E-state index is 2.67. The molecule has 0 spiro atoms. The van der Waals surface area contributed by atoms with Gasteiger partial charge in [0, 0.05) is 6.04 Å². The highest BCUT2D eigenvalue weighted by Crippen LogP contribution is 2.23. The maximum Gasteiger partial charge on any atom is 0.00700 e. The third-order valence-electron chi connectivity index (χ3n) is 4.68. The minimum Gasteiger partial charge on any atom is -0.301 e. The number of piperidine rings is 1. The van der Waals surface area contributed by atoms with Crippen LogP contribution in [0.25, 0.3) is 0 Å². The molecule has 0 N–H and O–H groups in total. The van der Waals surface area contributed by atoms with Gasteiger partial charge in [0.05, 0.1) is 0 Å². The van der Waals surface area contributed by atoms with Crippen molar-refractivity contribution in [3.8, 4) is 0 Å². The quantitative estimate of drug-likeness (QED) is 0.762. The van der Waals surface area contributed by atoms with Gasteiger partial charge in [0.1, 0.15) is 0 Å². The van der Waals surface area contributed by atoms with Crippen LogP contribution in [0.1, 0.15) is 64.5 Å². The molecule has 1 saturated heterocycles. The summed E-state index contributed by atoms with van der Waals surface area (Å²) in [4.78, 5) is 2.67. The molecule has 1 nitrogen and oxygen atoms in total. The summed E-state index contributed by atoms with van der Waals surface area (Å²) in [6.45, 7) is 11.9. The second-order valence-electron chi connectivity index (χ2n) is 7.43. The molecule has 1 heteroatoms. The van der Waals surface area contributed by atoms with Gasteiger partial charge in [-0.25, -0.2) is 0 Å². The van der Waals surface area contributed by atoms with Crippen LogP contribution in [-0.4, -0.2) is 24.0 Å². The van der Waals surface area contributed by atoms with Crippen molar-refractivity contribution in [1.82, 2.24) is 4.90 Å². The highest BCUT2D eigenvalue weighted by molar-refractivity contribution is 5.27. The van der Waals surface area contributed by atoms with Crippen molar-refractivity contribution in [2.24, 2.45) is 0 Å². The second-order valence-corrected chi connectivity index (χ2v) is 7.43. The van der Waals surface area contributed by atoms with Gasteiger partial charge >= 0.3 is 0 Å². The Morgan fingerprint density at radius 3 is 2.15 bits per heavy atom. The van der Waals surface area contributed by atoms with E-state index in [1.807, 2.05) is 0 Å². The molecule has 0 bridgehead atoms. The largest absolute Gasteiger partial charge is 0.301 e. The Morgan fingerprint density at radius 1 is 1.00 bits per heavy atom. The van der Waals surface area contributed by atoms with E-state index in [0.29, 0.717) is 0 Å². The summed E-state index contributed by atoms with van der Waals surface area (Å²) in [5.41, 5.74) is 3.19. The molecule has 20 heavy (non-hydrogen) atoms. The molecule has 1 heterocycles. The molecule has 0 saturated carbocycles. The average Bonchev–Trinajstić information content (AvgIpc) is 2.45. The van der Waals surface area contributed by atoms with Crippen LogP contribution in [0.15, 0.2) is 24.3 Å². The fourth-order valence-corrected chi connectivity index (χ4v) is 3.09. The van der Waals surface area contributed by atoms with Crippen LogP contribution in [0.3, 0.4) is 0 Å². The lowest BCUT2D eigenvalue weighted by molar-refractivity contribution is 0.167. The number of rotatable bonds is 4. The topological polar surface area (TPSA) is 3.24 Å². The SMILES string of the molecule is CC(CCc1ccc(C(C)(C)C)cc1)N1CCCCC1. The van der Waals surface area contributed by atoms with Crippen LogP contribution in [0.2, 0.25) is 0 Å². The predicted molar refractivity (Wildman–Crippen MR) is 88.3 cm³/mol. The predicted octanol–water partition coefficient (Wildman–Crippen LogP) is 4.79. The Balaban J connectivity index is 1.84. The zero-order valence-corrected chi connectivity index (χ0v) is 13.8. The van der Waals surface area contributed by atoms with E-state index in [1.165, 1.54) is 56.3 Å². The Morgan fingerprint density at radius 2 is 1.60 bits per heavy atom. The van der Waals surface area contributed by atoms with Crippen molar-refractivity contribution >= 4 is 0 Å². The zero-order chi connectivity index (χ0) is 14.6. The van der Waals surface area contributed by atoms with Crippen molar-refractivity contribution in [3.63, 3.8) is 0 Å². The van der Waals surface area contributed by atoms with Crippen molar-refractivity contribution in [2.45, 2.75) is 71.3 Å². The first-order valence-corrected chi connectivity index (χ1v) is 8.30. The van der Waals surface area contributed by atoms with Gasteiger partial charge in [0.15, 0.2) is 0 Å². The number of nitrogens with zero attached hydrogens (tertiary/aromatic N) is 1. The molecule has 1 aromatic carbocycles. The number of hydrogen-bond acceptors (Lipinski definition) is 1. The van der Waals surface area contributed by atoms with Crippen LogP contribution >= 0.6 is 0 Å². The summed E-state index contributed by atoms with van der Waals surface area (Å²) < 4.78 is 0. The van der Waals surface area contributed by atoms with E-state index < -0.39 is 0 Å². The van der Waals surface area contributed by atoms with Crippen molar-refractivity contribution in [2.75, 3.05) is 13.1 Å². The number of hydrogen-bond donors (Lipinski definition) is 0. The minimum atomic E-state index is 0.264. The van der Waals surface area contributed by atoms with Crippen LogP contribution in [0.4, 0.5) is 0 Å². The normalized spacial score (nSPS) is 19.0. The number of aryl methyl sites for hydroxylation is 1. The van der Waals surface area contributed by atoms with Gasteiger partial charge in [-0.05, 0) is 62.2 Å². The van der Waals surface area contributed by atoms with Crippen molar-refractivity contribution in [3.05, 3.63) is 35.4 Å². The van der Waals surface area contributed by atoms with E-state index in [4.69, 9.17) is 0 Å². The highest BCUT2D eigenvalue weighted by atomic mass is 15.1. The minimum absolute atomic E-state index is 0.264. The molecule has 1 unspecified atom stereocenters. The molecule has 0 aromatic heterocycles. The summed E-state index contributed by atoms with van der Waals surface area (Å²) in [6, 6.07) is 9.99. The second kappa shape index (κ2) is 6.76. The Kier molecular flexibility index (Phi) is 5.26. The molecular formula is C19H31N. The molecule has 2 rings (SSSR count). The number of benzene rings is 1. The van der Waals surface area contributed by atoms with Crippen molar-refractivity contribution in [1.29, 1.82) is 0 Å². The molecule has 1 aliphatic rings. The first-order chi connectivity index (χ1) is 9.47. The molecule has 0 aliphatic carbocycles. The molecule has 0 amide bonds. The summed E-state index contributed by atoms with van der Waals surface area (Å²) in [5, 5.41) is 0. The fraction of sp³-hybridized carbons (Fsp3) is 0.684. The summed E-state index contributed by atoms with van der Waals surface area (Å²) in [5.74, 6) is 0. The lowest BCUT2D eigenvalue weighted by Crippen LogP contribution is -2.37. The molecule has 1 aromatic rings. The van der Waals surface area contributed by atoms with E-state index in [-0.39, 0.29) is 5.41 Å². The van der Waals surface area contributed by atoms with Gasteiger partial charge in [-0.2, -0.15) is 0 Å². The Labute approximate surface area is 125 Å². The van der Waals surface area contributed by atoms with Crippen LogP contribution in [0, 0.1) is 0 Å². The number of likely N-dealkylation sites (tertiary alicyclic amines) is 1. The van der Waals surface area contributed by atoms with E-state index in [0.717, 1.165) is 6.04 Å². The summed E-state index contributed by atoms with van der Waals surface area (Å²) in [6.07, 6.45) is 6.71. The van der Waals surface area contributed by atoms with Crippen LogP contribution < -0.4 is 0 Å². The van der Waals surface area contributed by atoms with Crippen LogP contribution in [0.5, 0.6) is 0 Å². The van der Waals surface area contributed by atoms with E-state index in [1.54, 1.807) is 0 Å². The lowest BCUT2D eigenvalue weighted by Gasteiger charge is -2.32. The van der Waals surface area contributed by atoms with Gasteiger partial charge in [-0.15, -0.1) is 0 Å². The summed E-state index contributed by atoms with van der Waals surface area (Å²) in [7, 11) is 0. The van der Waals surface area contributed by atoms with Gasteiger partial charge in [-0.1, -0.05) is 51.5 Å². The third-order valence-corrected chi connectivity index (χ3v) is 4.68. The molecule has 1 fully saturated rings. The molecule has 0 radical (unpaired) electrons. The van der Waals surface area contributed by atoms with Crippen LogP contribution in [-0.2, 0) is 11.8 Å². The lowest BCUT2D eigenvalue weighted by atomic mass is 9.86. The molecule has 112 valence electrons. The van der Waals surface area contributed by atoms with Gasteiger partial charge in [0.2, 0.25) is 0 Å². The fourth-order valence-electron chi connectivity index (χ4n) is 3.09. The standard InChI is InChI=1S/C19H31N/c1-16(20-14-6-5-7-15-20)8-9-17-10-12-18(13-11-17)19(2,3)4/h10-13,16H,5-9,14-15H2,1-4H3. The Bertz CT molecular complexity index is 393. The molecule has 1 aliphatic heterocycles. The van der Waals surface area contributed by atoms with Gasteiger partial charge < -0.3 is 4.90 Å². The van der Waals surface area contributed by atoms with Crippen molar-refractivity contribution < 1.29 is 0 Å². The van der Waals surface area contributed by atoms with Gasteiger partial charge in [-0.3, -0.25) is 0 Å². The monoisotopic (exact) mass is 273 g/mol. The first-order valence-electron chi connectivity index (χ1n) is 8.30. The molecular weight excluding hydrogens is 242 g/mol. The van der Waals surface area contributed by atoms with Gasteiger partial charge in [0.25, 0.3) is 0 Å². The smallest absolute Gasteiger partial charge is 0.00700 e. The van der Waals surface area contributed by atoms with E-state index >= 15 is 0 Å². The average molecular weight is 273 g/mol. The Hall–Kier alpha value is -0.820. The van der Waals surface area contributed by atoms with E-state index in [9.17, 15) is 0 Å².